The average molecular weight is 284 g/mol. The van der Waals surface area contributed by atoms with Gasteiger partial charge < -0.3 is 14.8 Å². The summed E-state index contributed by atoms with van der Waals surface area (Å²) in [5, 5.41) is 2.79. The molecule has 3 rings (SSSR count). The zero-order chi connectivity index (χ0) is 14.7. The Morgan fingerprint density at radius 3 is 2.81 bits per heavy atom. The summed E-state index contributed by atoms with van der Waals surface area (Å²) in [6, 6.07) is 9.27. The molecule has 21 heavy (non-hydrogen) atoms. The molecule has 0 unspecified atom stereocenters. The summed E-state index contributed by atoms with van der Waals surface area (Å²) in [5.41, 5.74) is 1.93. The predicted molar refractivity (Wildman–Crippen MR) is 78.7 cm³/mol. The maximum atomic E-state index is 12.0. The van der Waals surface area contributed by atoms with E-state index in [1.807, 2.05) is 37.3 Å². The third-order valence-corrected chi connectivity index (χ3v) is 3.15. The van der Waals surface area contributed by atoms with Crippen molar-refractivity contribution in [3.05, 3.63) is 47.7 Å². The number of aromatic nitrogens is 1. The molecule has 0 spiro atoms. The number of anilines is 1. The van der Waals surface area contributed by atoms with E-state index in [1.54, 1.807) is 6.20 Å². The minimum Gasteiger partial charge on any atom is -0.486 e. The van der Waals surface area contributed by atoms with E-state index in [0.29, 0.717) is 24.8 Å². The molecule has 0 radical (unpaired) electrons. The SMILES string of the molecule is Cc1ccnc(NC(=O)Cc2ccc3c(c2)OCCO3)c1. The fourth-order valence-corrected chi connectivity index (χ4v) is 2.17. The first-order valence-electron chi connectivity index (χ1n) is 6.82. The molecule has 5 heteroatoms. The first-order valence-corrected chi connectivity index (χ1v) is 6.82. The van der Waals surface area contributed by atoms with Crippen LogP contribution in [0.1, 0.15) is 11.1 Å². The molecule has 1 amide bonds. The molecule has 0 atom stereocenters. The zero-order valence-corrected chi connectivity index (χ0v) is 11.8. The van der Waals surface area contributed by atoms with Gasteiger partial charge in [-0.05, 0) is 42.3 Å². The van der Waals surface area contributed by atoms with Crippen molar-refractivity contribution in [3.63, 3.8) is 0 Å². The molecule has 1 aliphatic heterocycles. The van der Waals surface area contributed by atoms with E-state index in [2.05, 4.69) is 10.3 Å². The Bertz CT molecular complexity index is 670. The molecule has 2 heterocycles. The lowest BCUT2D eigenvalue weighted by molar-refractivity contribution is -0.115. The van der Waals surface area contributed by atoms with Crippen molar-refractivity contribution in [2.75, 3.05) is 18.5 Å². The highest BCUT2D eigenvalue weighted by Gasteiger charge is 2.13. The summed E-state index contributed by atoms with van der Waals surface area (Å²) in [6.45, 7) is 3.06. The van der Waals surface area contributed by atoms with E-state index in [0.717, 1.165) is 16.9 Å². The molecule has 1 aliphatic rings. The van der Waals surface area contributed by atoms with Gasteiger partial charge in [-0.15, -0.1) is 0 Å². The number of ether oxygens (including phenoxy) is 2. The third kappa shape index (κ3) is 3.31. The summed E-state index contributed by atoms with van der Waals surface area (Å²) in [5.74, 6) is 1.88. The number of aryl methyl sites for hydroxylation is 1. The molecule has 0 aliphatic carbocycles. The van der Waals surface area contributed by atoms with Crippen molar-refractivity contribution in [1.82, 2.24) is 4.98 Å². The van der Waals surface area contributed by atoms with Gasteiger partial charge in [0.05, 0.1) is 6.42 Å². The third-order valence-electron chi connectivity index (χ3n) is 3.15. The van der Waals surface area contributed by atoms with Gasteiger partial charge >= 0.3 is 0 Å². The van der Waals surface area contributed by atoms with Crippen molar-refractivity contribution in [1.29, 1.82) is 0 Å². The van der Waals surface area contributed by atoms with E-state index < -0.39 is 0 Å². The van der Waals surface area contributed by atoms with E-state index >= 15 is 0 Å². The van der Waals surface area contributed by atoms with Gasteiger partial charge in [0, 0.05) is 6.20 Å². The summed E-state index contributed by atoms with van der Waals surface area (Å²) in [4.78, 5) is 16.2. The van der Waals surface area contributed by atoms with Crippen LogP contribution in [0.2, 0.25) is 0 Å². The largest absolute Gasteiger partial charge is 0.486 e. The molecule has 0 bridgehead atoms. The Balaban J connectivity index is 1.67. The average Bonchev–Trinajstić information content (AvgIpc) is 2.47. The van der Waals surface area contributed by atoms with Gasteiger partial charge in [-0.3, -0.25) is 4.79 Å². The Hall–Kier alpha value is -2.56. The van der Waals surface area contributed by atoms with Crippen LogP contribution in [0.5, 0.6) is 11.5 Å². The van der Waals surface area contributed by atoms with Crippen LogP contribution in [-0.2, 0) is 11.2 Å². The predicted octanol–water partition coefficient (Wildman–Crippen LogP) is 2.34. The second-order valence-electron chi connectivity index (χ2n) is 4.92. The smallest absolute Gasteiger partial charge is 0.229 e. The zero-order valence-electron chi connectivity index (χ0n) is 11.8. The molecule has 0 fully saturated rings. The summed E-state index contributed by atoms with van der Waals surface area (Å²) in [7, 11) is 0. The van der Waals surface area contributed by atoms with Crippen molar-refractivity contribution < 1.29 is 14.3 Å². The van der Waals surface area contributed by atoms with Crippen LogP contribution in [-0.4, -0.2) is 24.1 Å². The second-order valence-corrected chi connectivity index (χ2v) is 4.92. The van der Waals surface area contributed by atoms with Crippen LogP contribution in [0.15, 0.2) is 36.5 Å². The van der Waals surface area contributed by atoms with Crippen LogP contribution in [0.25, 0.3) is 0 Å². The Morgan fingerprint density at radius 2 is 2.00 bits per heavy atom. The second kappa shape index (κ2) is 5.83. The number of hydrogen-bond acceptors (Lipinski definition) is 4. The van der Waals surface area contributed by atoms with Gasteiger partial charge in [0.2, 0.25) is 5.91 Å². The fourth-order valence-electron chi connectivity index (χ4n) is 2.17. The first-order chi connectivity index (χ1) is 10.2. The number of amides is 1. The Morgan fingerprint density at radius 1 is 1.19 bits per heavy atom. The maximum absolute atomic E-state index is 12.0. The highest BCUT2D eigenvalue weighted by atomic mass is 16.6. The number of hydrogen-bond donors (Lipinski definition) is 1. The molecular formula is C16H16N2O3. The normalized spacial score (nSPS) is 12.8. The molecule has 0 saturated carbocycles. The van der Waals surface area contributed by atoms with Crippen LogP contribution in [0.4, 0.5) is 5.82 Å². The highest BCUT2D eigenvalue weighted by molar-refractivity contribution is 5.91. The van der Waals surface area contributed by atoms with Gasteiger partial charge in [0.15, 0.2) is 11.5 Å². The van der Waals surface area contributed by atoms with E-state index in [1.165, 1.54) is 0 Å². The van der Waals surface area contributed by atoms with E-state index in [4.69, 9.17) is 9.47 Å². The van der Waals surface area contributed by atoms with E-state index in [-0.39, 0.29) is 12.3 Å². The molecule has 108 valence electrons. The van der Waals surface area contributed by atoms with Crippen molar-refractivity contribution in [2.45, 2.75) is 13.3 Å². The van der Waals surface area contributed by atoms with Crippen LogP contribution in [0, 0.1) is 6.92 Å². The molecule has 5 nitrogen and oxygen atoms in total. The van der Waals surface area contributed by atoms with Crippen molar-refractivity contribution in [3.8, 4) is 11.5 Å². The number of pyridine rings is 1. The van der Waals surface area contributed by atoms with Crippen molar-refractivity contribution >= 4 is 11.7 Å². The number of nitrogens with one attached hydrogen (secondary N) is 1. The van der Waals surface area contributed by atoms with Crippen LogP contribution >= 0.6 is 0 Å². The monoisotopic (exact) mass is 284 g/mol. The fraction of sp³-hybridized carbons (Fsp3) is 0.250. The van der Waals surface area contributed by atoms with E-state index in [9.17, 15) is 4.79 Å². The molecule has 0 saturated heterocycles. The minimum absolute atomic E-state index is 0.107. The molecule has 1 aromatic carbocycles. The number of fused-ring (bicyclic) bond motifs is 1. The number of rotatable bonds is 3. The number of carbonyl (C=O) groups is 1. The lowest BCUT2D eigenvalue weighted by Gasteiger charge is -2.18. The number of nitrogens with zero attached hydrogens (tertiary/aromatic N) is 1. The van der Waals surface area contributed by atoms with Crippen LogP contribution in [0.3, 0.4) is 0 Å². The summed E-state index contributed by atoms with van der Waals surface area (Å²) >= 11 is 0. The van der Waals surface area contributed by atoms with Gasteiger partial charge in [0.25, 0.3) is 0 Å². The summed E-state index contributed by atoms with van der Waals surface area (Å²) in [6.07, 6.45) is 1.95. The van der Waals surface area contributed by atoms with Crippen LogP contribution < -0.4 is 14.8 Å². The lowest BCUT2D eigenvalue weighted by atomic mass is 10.1. The molecule has 1 aromatic heterocycles. The number of carbonyl (C=O) groups excluding carboxylic acids is 1. The Kier molecular flexibility index (Phi) is 3.73. The quantitative estimate of drug-likeness (QED) is 0.939. The molecule has 2 aromatic rings. The van der Waals surface area contributed by atoms with Gasteiger partial charge in [-0.25, -0.2) is 4.98 Å². The molecule has 1 N–H and O–H groups in total. The summed E-state index contributed by atoms with van der Waals surface area (Å²) < 4.78 is 11.0. The highest BCUT2D eigenvalue weighted by Crippen LogP contribution is 2.30. The first kappa shape index (κ1) is 13.4. The van der Waals surface area contributed by atoms with Gasteiger partial charge in [-0.2, -0.15) is 0 Å². The molecular weight excluding hydrogens is 268 g/mol. The topological polar surface area (TPSA) is 60.5 Å². The maximum Gasteiger partial charge on any atom is 0.229 e. The lowest BCUT2D eigenvalue weighted by Crippen LogP contribution is -2.17. The minimum atomic E-state index is -0.107. The van der Waals surface area contributed by atoms with Crippen molar-refractivity contribution in [2.24, 2.45) is 0 Å². The Labute approximate surface area is 122 Å². The van der Waals surface area contributed by atoms with Gasteiger partial charge in [0.1, 0.15) is 19.0 Å². The standard InChI is InChI=1S/C16H16N2O3/c1-11-4-5-17-15(8-11)18-16(19)10-12-2-3-13-14(9-12)21-7-6-20-13/h2-5,8-9H,6-7,10H2,1H3,(H,17,18,19). The number of benzene rings is 1. The van der Waals surface area contributed by atoms with Gasteiger partial charge in [-0.1, -0.05) is 6.07 Å².